The third kappa shape index (κ3) is 1.55. The maximum absolute atomic E-state index is 5.14. The largest absolute Gasteiger partial charge is 0.480 e. The SMILES string of the molecule is COc1nscc1-c1ccccc1. The smallest absolute Gasteiger partial charge is 0.232 e. The lowest BCUT2D eigenvalue weighted by Crippen LogP contribution is -1.84. The molecule has 0 aliphatic heterocycles. The van der Waals surface area contributed by atoms with Crippen LogP contribution in [-0.4, -0.2) is 11.5 Å². The summed E-state index contributed by atoms with van der Waals surface area (Å²) < 4.78 is 9.27. The Morgan fingerprint density at radius 2 is 2.00 bits per heavy atom. The zero-order valence-electron chi connectivity index (χ0n) is 7.23. The molecule has 0 saturated heterocycles. The first kappa shape index (κ1) is 8.26. The lowest BCUT2D eigenvalue weighted by atomic mass is 10.1. The minimum atomic E-state index is 0.705. The van der Waals surface area contributed by atoms with Crippen LogP contribution < -0.4 is 4.74 Å². The normalized spacial score (nSPS) is 9.92. The third-order valence-corrected chi connectivity index (χ3v) is 2.43. The number of methoxy groups -OCH3 is 1. The van der Waals surface area contributed by atoms with Gasteiger partial charge in [-0.2, -0.15) is 4.37 Å². The average molecular weight is 191 g/mol. The molecule has 1 aromatic heterocycles. The lowest BCUT2D eigenvalue weighted by Gasteiger charge is -1.99. The van der Waals surface area contributed by atoms with Gasteiger partial charge in [-0.25, -0.2) is 0 Å². The molecule has 0 aliphatic carbocycles. The van der Waals surface area contributed by atoms with E-state index in [-0.39, 0.29) is 0 Å². The Morgan fingerprint density at radius 1 is 1.23 bits per heavy atom. The van der Waals surface area contributed by atoms with E-state index in [1.165, 1.54) is 11.5 Å². The average Bonchev–Trinajstić information content (AvgIpc) is 2.67. The van der Waals surface area contributed by atoms with Crippen molar-refractivity contribution in [2.75, 3.05) is 7.11 Å². The minimum absolute atomic E-state index is 0.705. The summed E-state index contributed by atoms with van der Waals surface area (Å²) in [6.07, 6.45) is 0. The Kier molecular flexibility index (Phi) is 2.27. The quantitative estimate of drug-likeness (QED) is 0.728. The van der Waals surface area contributed by atoms with E-state index < -0.39 is 0 Å². The standard InChI is InChI=1S/C10H9NOS/c1-12-10-9(7-13-11-10)8-5-3-2-4-6-8/h2-7H,1H3. The summed E-state index contributed by atoms with van der Waals surface area (Å²) in [6.45, 7) is 0. The predicted octanol–water partition coefficient (Wildman–Crippen LogP) is 2.82. The van der Waals surface area contributed by atoms with Gasteiger partial charge in [-0.15, -0.1) is 0 Å². The fraction of sp³-hybridized carbons (Fsp3) is 0.100. The van der Waals surface area contributed by atoms with Crippen molar-refractivity contribution in [2.24, 2.45) is 0 Å². The molecule has 0 fully saturated rings. The molecule has 3 heteroatoms. The topological polar surface area (TPSA) is 22.1 Å². The van der Waals surface area contributed by atoms with Crippen molar-refractivity contribution in [1.82, 2.24) is 4.37 Å². The lowest BCUT2D eigenvalue weighted by molar-refractivity contribution is 0.404. The zero-order chi connectivity index (χ0) is 9.10. The van der Waals surface area contributed by atoms with E-state index in [0.717, 1.165) is 11.1 Å². The van der Waals surface area contributed by atoms with Crippen molar-refractivity contribution in [1.29, 1.82) is 0 Å². The van der Waals surface area contributed by atoms with Gasteiger partial charge in [0.25, 0.3) is 0 Å². The second-order valence-corrected chi connectivity index (χ2v) is 3.23. The first-order valence-corrected chi connectivity index (χ1v) is 4.79. The molecule has 2 rings (SSSR count). The van der Waals surface area contributed by atoms with Gasteiger partial charge in [0, 0.05) is 5.38 Å². The van der Waals surface area contributed by atoms with Crippen molar-refractivity contribution >= 4 is 11.5 Å². The van der Waals surface area contributed by atoms with Crippen molar-refractivity contribution in [2.45, 2.75) is 0 Å². The molecular weight excluding hydrogens is 182 g/mol. The molecule has 0 aliphatic rings. The molecule has 0 radical (unpaired) electrons. The highest BCUT2D eigenvalue weighted by Gasteiger charge is 2.06. The molecule has 1 aromatic carbocycles. The van der Waals surface area contributed by atoms with Gasteiger partial charge >= 0.3 is 0 Å². The van der Waals surface area contributed by atoms with Crippen LogP contribution in [0.15, 0.2) is 35.7 Å². The molecular formula is C10H9NOS. The second-order valence-electron chi connectivity index (χ2n) is 2.60. The van der Waals surface area contributed by atoms with Gasteiger partial charge in [0.05, 0.1) is 12.7 Å². The van der Waals surface area contributed by atoms with Crippen molar-refractivity contribution in [3.8, 4) is 17.0 Å². The molecule has 1 heterocycles. The molecule has 66 valence electrons. The molecule has 0 atom stereocenters. The maximum atomic E-state index is 5.14. The number of benzene rings is 1. The van der Waals surface area contributed by atoms with Crippen LogP contribution in [0.1, 0.15) is 0 Å². The summed E-state index contributed by atoms with van der Waals surface area (Å²) in [4.78, 5) is 0. The molecule has 13 heavy (non-hydrogen) atoms. The van der Waals surface area contributed by atoms with E-state index in [1.807, 2.05) is 35.7 Å². The van der Waals surface area contributed by atoms with Gasteiger partial charge in [0.1, 0.15) is 0 Å². The van der Waals surface area contributed by atoms with Gasteiger partial charge in [-0.1, -0.05) is 30.3 Å². The molecule has 0 amide bonds. The number of nitrogens with zero attached hydrogens (tertiary/aromatic N) is 1. The number of ether oxygens (including phenoxy) is 1. The molecule has 0 bridgehead atoms. The maximum Gasteiger partial charge on any atom is 0.232 e. The fourth-order valence-corrected chi connectivity index (χ4v) is 1.85. The number of aromatic nitrogens is 1. The van der Waals surface area contributed by atoms with E-state index in [1.54, 1.807) is 7.11 Å². The highest BCUT2D eigenvalue weighted by molar-refractivity contribution is 7.04. The van der Waals surface area contributed by atoms with Crippen LogP contribution in [0.2, 0.25) is 0 Å². The van der Waals surface area contributed by atoms with E-state index >= 15 is 0 Å². The van der Waals surface area contributed by atoms with E-state index in [0.29, 0.717) is 5.88 Å². The number of hydrogen-bond acceptors (Lipinski definition) is 3. The van der Waals surface area contributed by atoms with E-state index in [4.69, 9.17) is 4.74 Å². The molecule has 0 saturated carbocycles. The molecule has 2 aromatic rings. The van der Waals surface area contributed by atoms with Crippen LogP contribution in [0.4, 0.5) is 0 Å². The highest BCUT2D eigenvalue weighted by Crippen LogP contribution is 2.29. The Morgan fingerprint density at radius 3 is 2.69 bits per heavy atom. The fourth-order valence-electron chi connectivity index (χ4n) is 1.18. The Hall–Kier alpha value is -1.35. The Labute approximate surface area is 81.0 Å². The van der Waals surface area contributed by atoms with Crippen LogP contribution in [0.5, 0.6) is 5.88 Å². The number of hydrogen-bond donors (Lipinski definition) is 0. The molecule has 2 nitrogen and oxygen atoms in total. The first-order valence-electron chi connectivity index (χ1n) is 3.95. The molecule has 0 unspecified atom stereocenters. The van der Waals surface area contributed by atoms with Crippen molar-refractivity contribution in [3.63, 3.8) is 0 Å². The van der Waals surface area contributed by atoms with Crippen LogP contribution >= 0.6 is 11.5 Å². The number of rotatable bonds is 2. The second kappa shape index (κ2) is 3.58. The summed E-state index contributed by atoms with van der Waals surface area (Å²) in [7, 11) is 1.64. The summed E-state index contributed by atoms with van der Waals surface area (Å²) >= 11 is 1.41. The van der Waals surface area contributed by atoms with Gasteiger partial charge in [-0.3, -0.25) is 0 Å². The van der Waals surface area contributed by atoms with Gasteiger partial charge in [0.15, 0.2) is 0 Å². The summed E-state index contributed by atoms with van der Waals surface area (Å²) in [5, 5.41) is 1.99. The Balaban J connectivity index is 2.47. The van der Waals surface area contributed by atoms with E-state index in [2.05, 4.69) is 4.37 Å². The minimum Gasteiger partial charge on any atom is -0.480 e. The summed E-state index contributed by atoms with van der Waals surface area (Å²) in [6, 6.07) is 10.1. The van der Waals surface area contributed by atoms with Gasteiger partial charge in [-0.05, 0) is 17.1 Å². The van der Waals surface area contributed by atoms with Crippen LogP contribution in [0.25, 0.3) is 11.1 Å². The van der Waals surface area contributed by atoms with Crippen LogP contribution in [0.3, 0.4) is 0 Å². The predicted molar refractivity (Wildman–Crippen MR) is 54.1 cm³/mol. The van der Waals surface area contributed by atoms with Gasteiger partial charge in [0.2, 0.25) is 5.88 Å². The van der Waals surface area contributed by atoms with Gasteiger partial charge < -0.3 is 4.74 Å². The summed E-state index contributed by atoms with van der Waals surface area (Å²) in [5.41, 5.74) is 2.21. The highest BCUT2D eigenvalue weighted by atomic mass is 32.1. The van der Waals surface area contributed by atoms with Crippen LogP contribution in [-0.2, 0) is 0 Å². The summed E-state index contributed by atoms with van der Waals surface area (Å²) in [5.74, 6) is 0.705. The van der Waals surface area contributed by atoms with Crippen LogP contribution in [0, 0.1) is 0 Å². The monoisotopic (exact) mass is 191 g/mol. The van der Waals surface area contributed by atoms with Crippen molar-refractivity contribution < 1.29 is 4.74 Å². The zero-order valence-corrected chi connectivity index (χ0v) is 8.04. The molecule has 0 spiro atoms. The van der Waals surface area contributed by atoms with E-state index in [9.17, 15) is 0 Å². The first-order chi connectivity index (χ1) is 6.42. The van der Waals surface area contributed by atoms with Crippen molar-refractivity contribution in [3.05, 3.63) is 35.7 Å². The third-order valence-electron chi connectivity index (χ3n) is 1.81. The Bertz CT molecular complexity index is 383. The molecule has 0 N–H and O–H groups in total.